The highest BCUT2D eigenvalue weighted by Crippen LogP contribution is 2.28. The van der Waals surface area contributed by atoms with Gasteiger partial charge in [0.05, 0.1) is 0 Å². The Morgan fingerprint density at radius 1 is 1.24 bits per heavy atom. The van der Waals surface area contributed by atoms with E-state index in [1.54, 1.807) is 0 Å². The van der Waals surface area contributed by atoms with E-state index in [1.807, 2.05) is 37.3 Å². The molecule has 7 heteroatoms. The molecule has 0 unspecified atom stereocenters. The van der Waals surface area contributed by atoms with Crippen molar-refractivity contribution < 1.29 is 4.79 Å². The quantitative estimate of drug-likeness (QED) is 0.347. The zero-order valence-corrected chi connectivity index (χ0v) is 18.7. The summed E-state index contributed by atoms with van der Waals surface area (Å²) in [7, 11) is 2.10. The van der Waals surface area contributed by atoms with Crippen LogP contribution in [0.1, 0.15) is 61.4 Å². The van der Waals surface area contributed by atoms with Crippen molar-refractivity contribution in [3.05, 3.63) is 46.6 Å². The van der Waals surface area contributed by atoms with E-state index in [-0.39, 0.29) is 5.91 Å². The third-order valence-corrected chi connectivity index (χ3v) is 6.35. The number of rotatable bonds is 8. The molecule has 156 valence electrons. The molecule has 0 radical (unpaired) electrons. The Morgan fingerprint density at radius 3 is 2.79 bits per heavy atom. The van der Waals surface area contributed by atoms with E-state index in [9.17, 15) is 4.79 Å². The van der Waals surface area contributed by atoms with Crippen LogP contribution >= 0.6 is 23.4 Å². The number of aromatic nitrogens is 2. The lowest BCUT2D eigenvalue weighted by molar-refractivity contribution is 0.0953. The summed E-state index contributed by atoms with van der Waals surface area (Å²) in [5, 5.41) is 4.04. The van der Waals surface area contributed by atoms with Crippen LogP contribution in [-0.2, 0) is 5.75 Å². The van der Waals surface area contributed by atoms with Crippen LogP contribution in [0.4, 0.5) is 5.82 Å². The Morgan fingerprint density at radius 2 is 2.03 bits per heavy atom. The van der Waals surface area contributed by atoms with Crippen molar-refractivity contribution >= 4 is 35.1 Å². The Bertz CT molecular complexity index is 826. The maximum Gasteiger partial charge on any atom is 0.251 e. The van der Waals surface area contributed by atoms with Crippen molar-refractivity contribution in [1.82, 2.24) is 15.3 Å². The summed E-state index contributed by atoms with van der Waals surface area (Å²) < 4.78 is 0. The molecule has 1 aromatic heterocycles. The molecule has 3 rings (SSSR count). The second-order valence-corrected chi connectivity index (χ2v) is 8.81. The molecule has 1 aliphatic carbocycles. The van der Waals surface area contributed by atoms with Crippen LogP contribution < -0.4 is 10.2 Å². The van der Waals surface area contributed by atoms with Gasteiger partial charge in [-0.25, -0.2) is 9.97 Å². The molecule has 1 aliphatic rings. The predicted octanol–water partition coefficient (Wildman–Crippen LogP) is 5.33. The summed E-state index contributed by atoms with van der Waals surface area (Å²) in [6.07, 6.45) is 7.20. The molecule has 1 heterocycles. The monoisotopic (exact) mass is 432 g/mol. The van der Waals surface area contributed by atoms with Gasteiger partial charge in [0.15, 0.2) is 5.16 Å². The number of halogens is 1. The first kappa shape index (κ1) is 21.9. The number of thioether (sulfide) groups is 1. The molecule has 1 N–H and O–H groups in total. The van der Waals surface area contributed by atoms with Crippen molar-refractivity contribution in [3.8, 4) is 0 Å². The number of nitrogens with one attached hydrogen (secondary N) is 1. The van der Waals surface area contributed by atoms with Gasteiger partial charge >= 0.3 is 0 Å². The van der Waals surface area contributed by atoms with Gasteiger partial charge in [-0.15, -0.1) is 0 Å². The largest absolute Gasteiger partial charge is 0.357 e. The van der Waals surface area contributed by atoms with E-state index in [2.05, 4.69) is 22.2 Å². The maximum absolute atomic E-state index is 12.2. The first-order valence-corrected chi connectivity index (χ1v) is 11.7. The number of nitrogens with zero attached hydrogens (tertiary/aromatic N) is 3. The van der Waals surface area contributed by atoms with E-state index < -0.39 is 0 Å². The summed E-state index contributed by atoms with van der Waals surface area (Å²) >= 11 is 7.83. The number of anilines is 1. The minimum Gasteiger partial charge on any atom is -0.357 e. The lowest BCUT2D eigenvalue weighted by Gasteiger charge is -2.32. The predicted molar refractivity (Wildman–Crippen MR) is 121 cm³/mol. The second-order valence-electron chi connectivity index (χ2n) is 7.48. The van der Waals surface area contributed by atoms with Gasteiger partial charge in [-0.2, -0.15) is 0 Å². The smallest absolute Gasteiger partial charge is 0.251 e. The number of carbonyl (C=O) groups excluding carboxylic acids is 1. The fourth-order valence-electron chi connectivity index (χ4n) is 3.58. The van der Waals surface area contributed by atoms with E-state index in [0.717, 1.165) is 17.8 Å². The molecule has 0 atom stereocenters. The van der Waals surface area contributed by atoms with E-state index in [0.29, 0.717) is 34.2 Å². The van der Waals surface area contributed by atoms with Gasteiger partial charge in [0.2, 0.25) is 0 Å². The van der Waals surface area contributed by atoms with Crippen LogP contribution in [0.15, 0.2) is 35.5 Å². The van der Waals surface area contributed by atoms with E-state index in [1.165, 1.54) is 43.9 Å². The molecule has 29 heavy (non-hydrogen) atoms. The second kappa shape index (κ2) is 10.8. The molecule has 1 amide bonds. The standard InChI is InChI=1S/C22H29ClN4OS/c1-3-12-24-21(28)17-9-7-8-16(13-17)15-29-22-25-19(23)14-20(26-22)27(2)18-10-5-4-6-11-18/h7-9,13-14,18H,3-6,10-12,15H2,1-2H3,(H,24,28). The van der Waals surface area contributed by atoms with Gasteiger partial charge in [0.1, 0.15) is 11.0 Å². The number of amides is 1. The molecular weight excluding hydrogens is 404 g/mol. The number of hydrogen-bond acceptors (Lipinski definition) is 5. The van der Waals surface area contributed by atoms with Crippen molar-refractivity contribution in [2.75, 3.05) is 18.5 Å². The molecular formula is C22H29ClN4OS. The first-order chi connectivity index (χ1) is 14.1. The summed E-state index contributed by atoms with van der Waals surface area (Å²) in [5.74, 6) is 1.53. The molecule has 0 spiro atoms. The summed E-state index contributed by atoms with van der Waals surface area (Å²) in [4.78, 5) is 23.5. The van der Waals surface area contributed by atoms with Gasteiger partial charge in [-0.05, 0) is 37.0 Å². The molecule has 2 aromatic rings. The highest BCUT2D eigenvalue weighted by molar-refractivity contribution is 7.98. The van der Waals surface area contributed by atoms with Gasteiger partial charge < -0.3 is 10.2 Å². The SMILES string of the molecule is CCCNC(=O)c1cccc(CSc2nc(Cl)cc(N(C)C3CCCCC3)n2)c1. The van der Waals surface area contributed by atoms with Gasteiger partial charge in [-0.3, -0.25) is 4.79 Å². The first-order valence-electron chi connectivity index (χ1n) is 10.3. The third-order valence-electron chi connectivity index (χ3n) is 5.24. The van der Waals surface area contributed by atoms with Crippen molar-refractivity contribution in [1.29, 1.82) is 0 Å². The zero-order chi connectivity index (χ0) is 20.6. The van der Waals surface area contributed by atoms with Crippen LogP contribution in [-0.4, -0.2) is 35.5 Å². The summed E-state index contributed by atoms with van der Waals surface area (Å²) in [5.41, 5.74) is 1.74. The van der Waals surface area contributed by atoms with Crippen LogP contribution in [0.2, 0.25) is 5.15 Å². The maximum atomic E-state index is 12.2. The van der Waals surface area contributed by atoms with E-state index >= 15 is 0 Å². The molecule has 1 aromatic carbocycles. The number of hydrogen-bond donors (Lipinski definition) is 1. The van der Waals surface area contributed by atoms with Crippen LogP contribution in [0, 0.1) is 0 Å². The molecule has 0 bridgehead atoms. The van der Waals surface area contributed by atoms with Gasteiger partial charge in [-0.1, -0.05) is 61.7 Å². The van der Waals surface area contributed by atoms with Crippen molar-refractivity contribution in [2.24, 2.45) is 0 Å². The minimum absolute atomic E-state index is 0.0332. The van der Waals surface area contributed by atoms with Gasteiger partial charge in [0.25, 0.3) is 5.91 Å². The molecule has 5 nitrogen and oxygen atoms in total. The average molecular weight is 433 g/mol. The summed E-state index contributed by atoms with van der Waals surface area (Å²) in [6, 6.07) is 10.1. The lowest BCUT2D eigenvalue weighted by Crippen LogP contribution is -2.34. The molecule has 1 saturated carbocycles. The topological polar surface area (TPSA) is 58.1 Å². The number of benzene rings is 1. The lowest BCUT2D eigenvalue weighted by atomic mass is 9.94. The number of carbonyl (C=O) groups is 1. The Kier molecular flexibility index (Phi) is 8.19. The Labute approximate surface area is 182 Å². The fraction of sp³-hybridized carbons (Fsp3) is 0.500. The molecule has 0 saturated heterocycles. The minimum atomic E-state index is -0.0332. The normalized spacial score (nSPS) is 14.6. The van der Waals surface area contributed by atoms with Crippen LogP contribution in [0.3, 0.4) is 0 Å². The average Bonchev–Trinajstić information content (AvgIpc) is 2.76. The highest BCUT2D eigenvalue weighted by atomic mass is 35.5. The molecule has 1 fully saturated rings. The highest BCUT2D eigenvalue weighted by Gasteiger charge is 2.20. The third kappa shape index (κ3) is 6.34. The Hall–Kier alpha value is -1.79. The van der Waals surface area contributed by atoms with Crippen LogP contribution in [0.5, 0.6) is 0 Å². The molecule has 0 aliphatic heterocycles. The summed E-state index contributed by atoms with van der Waals surface area (Å²) in [6.45, 7) is 2.73. The fourth-order valence-corrected chi connectivity index (χ4v) is 4.60. The van der Waals surface area contributed by atoms with E-state index in [4.69, 9.17) is 16.6 Å². The van der Waals surface area contributed by atoms with Crippen molar-refractivity contribution in [2.45, 2.75) is 62.4 Å². The Balaban J connectivity index is 1.66. The van der Waals surface area contributed by atoms with Crippen LogP contribution in [0.25, 0.3) is 0 Å². The zero-order valence-electron chi connectivity index (χ0n) is 17.2. The van der Waals surface area contributed by atoms with Crippen molar-refractivity contribution in [3.63, 3.8) is 0 Å². The van der Waals surface area contributed by atoms with Gasteiger partial charge in [0, 0.05) is 37.0 Å².